The molecule has 0 saturated heterocycles. The molecule has 96 valence electrons. The first kappa shape index (κ1) is 15.4. The fourth-order valence-corrected chi connectivity index (χ4v) is 1.70. The maximum atomic E-state index is 10.9. The Bertz CT molecular complexity index is 222. The van der Waals surface area contributed by atoms with Gasteiger partial charge in [0, 0.05) is 6.54 Å². The number of hydrogen-bond donors (Lipinski definition) is 2. The van der Waals surface area contributed by atoms with Crippen molar-refractivity contribution < 1.29 is 9.90 Å². The van der Waals surface area contributed by atoms with E-state index in [4.69, 9.17) is 5.11 Å². The molecule has 0 atom stereocenters. The average molecular weight is 229 g/mol. The minimum Gasteiger partial charge on any atom is -0.481 e. The van der Waals surface area contributed by atoms with Crippen molar-refractivity contribution >= 4 is 5.97 Å². The van der Waals surface area contributed by atoms with Gasteiger partial charge in [-0.2, -0.15) is 0 Å². The minimum atomic E-state index is -0.720. The monoisotopic (exact) mass is 229 g/mol. The Kier molecular flexibility index (Phi) is 6.01. The molecule has 3 heteroatoms. The van der Waals surface area contributed by atoms with Gasteiger partial charge in [-0.25, -0.2) is 0 Å². The number of rotatable bonds is 8. The van der Waals surface area contributed by atoms with E-state index in [9.17, 15) is 4.79 Å². The lowest BCUT2D eigenvalue weighted by Gasteiger charge is -2.26. The summed E-state index contributed by atoms with van der Waals surface area (Å²) >= 11 is 0. The molecule has 0 amide bonds. The van der Waals surface area contributed by atoms with Crippen LogP contribution in [0.1, 0.15) is 53.9 Å². The van der Waals surface area contributed by atoms with E-state index in [-0.39, 0.29) is 0 Å². The summed E-state index contributed by atoms with van der Waals surface area (Å²) in [5.41, 5.74) is -0.315. The molecule has 0 aromatic heterocycles. The van der Waals surface area contributed by atoms with Crippen molar-refractivity contribution in [3.63, 3.8) is 0 Å². The Morgan fingerprint density at radius 3 is 2.19 bits per heavy atom. The minimum absolute atomic E-state index is 0.308. The van der Waals surface area contributed by atoms with Gasteiger partial charge in [0.1, 0.15) is 0 Å². The fourth-order valence-electron chi connectivity index (χ4n) is 1.70. The van der Waals surface area contributed by atoms with Gasteiger partial charge in [-0.05, 0) is 38.6 Å². The summed E-state index contributed by atoms with van der Waals surface area (Å²) in [6, 6.07) is 0. The molecule has 0 heterocycles. The van der Waals surface area contributed by atoms with Crippen molar-refractivity contribution in [3.8, 4) is 0 Å². The standard InChI is InChI=1S/C13H27NO2/c1-6-7-12(2,3)10-14-9-8-13(4,5)11(15)16/h14H,6-10H2,1-5H3,(H,15,16). The van der Waals surface area contributed by atoms with E-state index < -0.39 is 11.4 Å². The number of aliphatic carboxylic acids is 1. The van der Waals surface area contributed by atoms with Gasteiger partial charge in [0.15, 0.2) is 0 Å². The van der Waals surface area contributed by atoms with Crippen LogP contribution in [0.5, 0.6) is 0 Å². The van der Waals surface area contributed by atoms with Crippen LogP contribution in [0.25, 0.3) is 0 Å². The van der Waals surface area contributed by atoms with E-state index in [1.54, 1.807) is 13.8 Å². The summed E-state index contributed by atoms with van der Waals surface area (Å²) < 4.78 is 0. The molecule has 0 aromatic rings. The van der Waals surface area contributed by atoms with Crippen LogP contribution >= 0.6 is 0 Å². The second-order valence-corrected chi connectivity index (χ2v) is 6.03. The third-order valence-corrected chi connectivity index (χ3v) is 3.04. The van der Waals surface area contributed by atoms with Crippen LogP contribution in [0.4, 0.5) is 0 Å². The molecule has 0 aliphatic carbocycles. The van der Waals surface area contributed by atoms with Gasteiger partial charge in [0.25, 0.3) is 0 Å². The number of hydrogen-bond acceptors (Lipinski definition) is 2. The predicted octanol–water partition coefficient (Wildman–Crippen LogP) is 2.90. The molecule has 0 aliphatic rings. The zero-order chi connectivity index (χ0) is 12.8. The summed E-state index contributed by atoms with van der Waals surface area (Å²) in [5, 5.41) is 12.3. The molecule has 0 fully saturated rings. The fraction of sp³-hybridized carbons (Fsp3) is 0.923. The van der Waals surface area contributed by atoms with Gasteiger partial charge in [0.05, 0.1) is 5.41 Å². The summed E-state index contributed by atoms with van der Waals surface area (Å²) in [6.07, 6.45) is 3.06. The molecule has 0 rings (SSSR count). The van der Waals surface area contributed by atoms with E-state index in [0.29, 0.717) is 11.8 Å². The number of carbonyl (C=O) groups is 1. The molecular formula is C13H27NO2. The van der Waals surface area contributed by atoms with Crippen LogP contribution in [0.15, 0.2) is 0 Å². The molecule has 0 aromatic carbocycles. The Morgan fingerprint density at radius 1 is 1.19 bits per heavy atom. The van der Waals surface area contributed by atoms with Crippen molar-refractivity contribution in [2.75, 3.05) is 13.1 Å². The molecule has 0 bridgehead atoms. The molecule has 2 N–H and O–H groups in total. The molecule has 0 aliphatic heterocycles. The van der Waals surface area contributed by atoms with Gasteiger partial charge >= 0.3 is 5.97 Å². The van der Waals surface area contributed by atoms with E-state index in [1.165, 1.54) is 12.8 Å². The summed E-state index contributed by atoms with van der Waals surface area (Å²) in [7, 11) is 0. The van der Waals surface area contributed by atoms with Crippen LogP contribution < -0.4 is 5.32 Å². The smallest absolute Gasteiger partial charge is 0.309 e. The Morgan fingerprint density at radius 2 is 1.75 bits per heavy atom. The molecular weight excluding hydrogens is 202 g/mol. The van der Waals surface area contributed by atoms with Crippen molar-refractivity contribution in [1.29, 1.82) is 0 Å². The van der Waals surface area contributed by atoms with E-state index in [1.807, 2.05) is 0 Å². The number of carboxylic acids is 1. The van der Waals surface area contributed by atoms with E-state index in [2.05, 4.69) is 26.1 Å². The lowest BCUT2D eigenvalue weighted by atomic mass is 9.87. The first-order chi connectivity index (χ1) is 7.21. The van der Waals surface area contributed by atoms with Crippen LogP contribution in [-0.2, 0) is 4.79 Å². The second-order valence-electron chi connectivity index (χ2n) is 6.03. The van der Waals surface area contributed by atoms with E-state index >= 15 is 0 Å². The van der Waals surface area contributed by atoms with Crippen LogP contribution in [0, 0.1) is 10.8 Å². The molecule has 0 unspecified atom stereocenters. The quantitative estimate of drug-likeness (QED) is 0.629. The SMILES string of the molecule is CCCC(C)(C)CNCCC(C)(C)C(=O)O. The maximum absolute atomic E-state index is 10.9. The van der Waals surface area contributed by atoms with Gasteiger partial charge in [-0.1, -0.05) is 27.2 Å². The van der Waals surface area contributed by atoms with Crippen LogP contribution in [-0.4, -0.2) is 24.2 Å². The van der Waals surface area contributed by atoms with Crippen molar-refractivity contribution in [2.45, 2.75) is 53.9 Å². The maximum Gasteiger partial charge on any atom is 0.309 e. The Labute approximate surface area is 99.6 Å². The van der Waals surface area contributed by atoms with Crippen molar-refractivity contribution in [1.82, 2.24) is 5.32 Å². The molecule has 0 spiro atoms. The average Bonchev–Trinajstić information content (AvgIpc) is 2.12. The topological polar surface area (TPSA) is 49.3 Å². The van der Waals surface area contributed by atoms with E-state index in [0.717, 1.165) is 13.1 Å². The number of nitrogens with one attached hydrogen (secondary N) is 1. The van der Waals surface area contributed by atoms with Gasteiger partial charge in [0.2, 0.25) is 0 Å². The zero-order valence-electron chi connectivity index (χ0n) is 11.4. The first-order valence-corrected chi connectivity index (χ1v) is 6.15. The first-order valence-electron chi connectivity index (χ1n) is 6.15. The third-order valence-electron chi connectivity index (χ3n) is 3.04. The Hall–Kier alpha value is -0.570. The predicted molar refractivity (Wildman–Crippen MR) is 67.6 cm³/mol. The summed E-state index contributed by atoms with van der Waals surface area (Å²) in [5.74, 6) is -0.720. The lowest BCUT2D eigenvalue weighted by Crippen LogP contribution is -2.34. The highest BCUT2D eigenvalue weighted by Crippen LogP contribution is 2.22. The third kappa shape index (κ3) is 6.11. The van der Waals surface area contributed by atoms with Crippen LogP contribution in [0.2, 0.25) is 0 Å². The summed E-state index contributed by atoms with van der Waals surface area (Å²) in [4.78, 5) is 10.9. The molecule has 3 nitrogen and oxygen atoms in total. The van der Waals surface area contributed by atoms with Crippen molar-refractivity contribution in [2.24, 2.45) is 10.8 Å². The zero-order valence-corrected chi connectivity index (χ0v) is 11.4. The van der Waals surface area contributed by atoms with Crippen molar-refractivity contribution in [3.05, 3.63) is 0 Å². The van der Waals surface area contributed by atoms with Gasteiger partial charge in [-0.3, -0.25) is 4.79 Å². The largest absolute Gasteiger partial charge is 0.481 e. The van der Waals surface area contributed by atoms with Gasteiger partial charge in [-0.15, -0.1) is 0 Å². The number of carboxylic acid groups (broad SMARTS) is 1. The summed E-state index contributed by atoms with van der Waals surface area (Å²) in [6.45, 7) is 11.9. The van der Waals surface area contributed by atoms with Crippen LogP contribution in [0.3, 0.4) is 0 Å². The molecule has 0 radical (unpaired) electrons. The van der Waals surface area contributed by atoms with Gasteiger partial charge < -0.3 is 10.4 Å². The Balaban J connectivity index is 3.80. The molecule has 0 saturated carbocycles. The normalized spacial score (nSPS) is 12.8. The molecule has 16 heavy (non-hydrogen) atoms. The lowest BCUT2D eigenvalue weighted by molar-refractivity contribution is -0.147. The highest BCUT2D eigenvalue weighted by Gasteiger charge is 2.26. The second kappa shape index (κ2) is 6.24. The highest BCUT2D eigenvalue weighted by atomic mass is 16.4. The highest BCUT2D eigenvalue weighted by molar-refractivity contribution is 5.73.